The van der Waals surface area contributed by atoms with Gasteiger partial charge in [-0.05, 0) is 72.7 Å². The summed E-state index contributed by atoms with van der Waals surface area (Å²) in [5, 5.41) is 12.7. The van der Waals surface area contributed by atoms with Gasteiger partial charge >= 0.3 is 0 Å². The lowest BCUT2D eigenvalue weighted by atomic mass is 9.76. The zero-order chi connectivity index (χ0) is 39.9. The maximum Gasteiger partial charge on any atom is 0.255 e. The molecule has 0 radical (unpaired) electrons. The summed E-state index contributed by atoms with van der Waals surface area (Å²) >= 11 is 0. The van der Waals surface area contributed by atoms with Gasteiger partial charge in [-0.1, -0.05) is 48.5 Å². The summed E-state index contributed by atoms with van der Waals surface area (Å²) in [7, 11) is 3.04. The number of hydrogen-bond donors (Lipinski definition) is 2. The highest BCUT2D eigenvalue weighted by Crippen LogP contribution is 2.47. The largest absolute Gasteiger partial charge is 0.508 e. The molecule has 3 atom stereocenters. The Morgan fingerprint density at radius 3 is 2.25 bits per heavy atom. The molecule has 4 aromatic rings. The summed E-state index contributed by atoms with van der Waals surface area (Å²) in [6.07, 6.45) is 4.01. The molecular weight excluding hydrogens is 719 g/mol. The Labute approximate surface area is 335 Å². The molecule has 7 rings (SSSR count). The van der Waals surface area contributed by atoms with E-state index in [1.165, 1.54) is 35.8 Å². The highest BCUT2D eigenvalue weighted by atomic mass is 16.5. The van der Waals surface area contributed by atoms with Crippen molar-refractivity contribution in [1.29, 1.82) is 0 Å². The van der Waals surface area contributed by atoms with Crippen LogP contribution in [0.3, 0.4) is 0 Å². The molecule has 0 spiro atoms. The van der Waals surface area contributed by atoms with Gasteiger partial charge in [-0.3, -0.25) is 19.3 Å². The Morgan fingerprint density at radius 2 is 1.56 bits per heavy atom. The van der Waals surface area contributed by atoms with Crippen LogP contribution in [0.25, 0.3) is 0 Å². The van der Waals surface area contributed by atoms with Gasteiger partial charge in [-0.2, -0.15) is 0 Å². The minimum atomic E-state index is -0.821. The van der Waals surface area contributed by atoms with Crippen molar-refractivity contribution >= 4 is 35.8 Å². The van der Waals surface area contributed by atoms with Gasteiger partial charge in [0.05, 0.1) is 12.2 Å². The van der Waals surface area contributed by atoms with Crippen molar-refractivity contribution in [2.75, 3.05) is 76.3 Å². The van der Waals surface area contributed by atoms with Crippen LogP contribution in [0, 0.1) is 5.92 Å². The predicted molar refractivity (Wildman–Crippen MR) is 222 cm³/mol. The maximum absolute atomic E-state index is 13.6. The molecule has 11 nitrogen and oxygen atoms in total. The van der Waals surface area contributed by atoms with E-state index >= 15 is 0 Å². The van der Waals surface area contributed by atoms with Gasteiger partial charge in [0.2, 0.25) is 5.91 Å². The van der Waals surface area contributed by atoms with Gasteiger partial charge in [-0.25, -0.2) is 0 Å². The van der Waals surface area contributed by atoms with Crippen LogP contribution in [-0.4, -0.2) is 112 Å². The normalized spacial score (nSPS) is 19.2. The van der Waals surface area contributed by atoms with Gasteiger partial charge in [0.15, 0.2) is 6.29 Å². The Kier molecular flexibility index (Phi) is 12.5. The van der Waals surface area contributed by atoms with E-state index in [1.807, 2.05) is 18.2 Å². The Bertz CT molecular complexity index is 2020. The van der Waals surface area contributed by atoms with E-state index in [0.717, 1.165) is 81.9 Å². The highest BCUT2D eigenvalue weighted by Gasteiger charge is 2.34. The lowest BCUT2D eigenvalue weighted by molar-refractivity contribution is -0.125. The third-order valence-corrected chi connectivity index (χ3v) is 12.2. The van der Waals surface area contributed by atoms with Crippen LogP contribution in [0.1, 0.15) is 74.9 Å². The van der Waals surface area contributed by atoms with Crippen LogP contribution >= 0.6 is 0 Å². The average molecular weight is 772 g/mol. The van der Waals surface area contributed by atoms with Crippen molar-refractivity contribution in [2.45, 2.75) is 43.6 Å². The van der Waals surface area contributed by atoms with E-state index in [2.05, 4.69) is 68.5 Å². The molecule has 2 fully saturated rings. The second-order valence-corrected chi connectivity index (χ2v) is 15.5. The van der Waals surface area contributed by atoms with Crippen molar-refractivity contribution in [3.63, 3.8) is 0 Å². The Morgan fingerprint density at radius 1 is 0.860 bits per heavy atom. The SMILES string of the molecule is CNC(=O)C(CCC=O)N(C)C(=O)c1cc(N2CCN(CC3CCN(c4ccc(C5c6ccc(O)cc6OCC5c5ccccc5)cc4)CC3)CC2)ccc1C=O. The summed E-state index contributed by atoms with van der Waals surface area (Å²) in [6, 6.07) is 29.6. The molecular formula is C46H53N5O6. The van der Waals surface area contributed by atoms with Gasteiger partial charge < -0.3 is 34.7 Å². The number of hydrogen-bond acceptors (Lipinski definition) is 9. The first-order valence-electron chi connectivity index (χ1n) is 20.1. The number of likely N-dealkylation sites (N-methyl/N-ethyl adjacent to an activating group) is 2. The van der Waals surface area contributed by atoms with Crippen molar-refractivity contribution in [1.82, 2.24) is 15.1 Å². The van der Waals surface area contributed by atoms with E-state index in [9.17, 15) is 24.3 Å². The highest BCUT2D eigenvalue weighted by molar-refractivity contribution is 6.04. The molecule has 3 aliphatic rings. The Hall–Kier alpha value is -5.68. The molecule has 0 aromatic heterocycles. The number of piperazine rings is 1. The summed E-state index contributed by atoms with van der Waals surface area (Å²) in [5.41, 5.74) is 6.22. The van der Waals surface area contributed by atoms with Crippen LogP contribution in [0.15, 0.2) is 91.0 Å². The van der Waals surface area contributed by atoms with Gasteiger partial charge in [0, 0.05) is 107 Å². The number of aromatic hydroxyl groups is 1. The summed E-state index contributed by atoms with van der Waals surface area (Å²) in [6.45, 7) is 7.06. The topological polar surface area (TPSA) is 123 Å². The number of carbonyl (C=O) groups is 4. The summed E-state index contributed by atoms with van der Waals surface area (Å²) < 4.78 is 6.17. The van der Waals surface area contributed by atoms with E-state index < -0.39 is 11.9 Å². The number of benzene rings is 4. The molecule has 0 aliphatic carbocycles. The van der Waals surface area contributed by atoms with Gasteiger partial charge in [-0.15, -0.1) is 0 Å². The fourth-order valence-electron chi connectivity index (χ4n) is 8.87. The fourth-order valence-corrected chi connectivity index (χ4v) is 8.87. The van der Waals surface area contributed by atoms with Gasteiger partial charge in [0.1, 0.15) is 23.8 Å². The van der Waals surface area contributed by atoms with Crippen molar-refractivity contribution in [3.05, 3.63) is 119 Å². The molecule has 3 aliphatic heterocycles. The predicted octanol–water partition coefficient (Wildman–Crippen LogP) is 5.72. The van der Waals surface area contributed by atoms with Gasteiger partial charge in [0.25, 0.3) is 5.91 Å². The number of nitrogens with one attached hydrogen (secondary N) is 1. The van der Waals surface area contributed by atoms with E-state index in [1.54, 1.807) is 24.3 Å². The molecule has 11 heteroatoms. The monoisotopic (exact) mass is 771 g/mol. The number of aldehydes is 2. The number of fused-ring (bicyclic) bond motifs is 1. The minimum absolute atomic E-state index is 0.118. The second-order valence-electron chi connectivity index (χ2n) is 15.5. The molecule has 298 valence electrons. The molecule has 4 aromatic carbocycles. The van der Waals surface area contributed by atoms with Crippen LogP contribution in [0.2, 0.25) is 0 Å². The number of anilines is 2. The molecule has 2 amide bonds. The Balaban J connectivity index is 0.934. The molecule has 2 saturated heterocycles. The van der Waals surface area contributed by atoms with Crippen LogP contribution in [0.5, 0.6) is 11.5 Å². The fraction of sp³-hybridized carbons (Fsp3) is 0.391. The number of ether oxygens (including phenoxy) is 1. The van der Waals surface area contributed by atoms with E-state index in [0.29, 0.717) is 18.8 Å². The molecule has 3 heterocycles. The molecule has 0 bridgehead atoms. The second kappa shape index (κ2) is 18.1. The zero-order valence-corrected chi connectivity index (χ0v) is 32.9. The van der Waals surface area contributed by atoms with Crippen LogP contribution in [-0.2, 0) is 9.59 Å². The number of amides is 2. The number of phenolic OH excluding ortho intramolecular Hbond substituents is 1. The molecule has 2 N–H and O–H groups in total. The van der Waals surface area contributed by atoms with E-state index in [4.69, 9.17) is 4.74 Å². The number of phenols is 1. The third-order valence-electron chi connectivity index (χ3n) is 12.2. The first-order valence-corrected chi connectivity index (χ1v) is 20.1. The quantitative estimate of drug-likeness (QED) is 0.165. The van der Waals surface area contributed by atoms with Crippen LogP contribution in [0.4, 0.5) is 11.4 Å². The zero-order valence-electron chi connectivity index (χ0n) is 32.9. The van der Waals surface area contributed by atoms with Crippen LogP contribution < -0.4 is 19.9 Å². The molecule has 57 heavy (non-hydrogen) atoms. The summed E-state index contributed by atoms with van der Waals surface area (Å²) in [5.74, 6) is 1.08. The first kappa shape index (κ1) is 39.6. The maximum atomic E-state index is 13.6. The smallest absolute Gasteiger partial charge is 0.255 e. The van der Waals surface area contributed by atoms with Crippen molar-refractivity contribution < 1.29 is 29.0 Å². The molecule has 3 unspecified atom stereocenters. The lowest BCUT2D eigenvalue weighted by Crippen LogP contribution is -2.49. The number of piperidine rings is 1. The minimum Gasteiger partial charge on any atom is -0.508 e. The lowest BCUT2D eigenvalue weighted by Gasteiger charge is -2.40. The number of carbonyl (C=O) groups excluding carboxylic acids is 4. The van der Waals surface area contributed by atoms with Crippen molar-refractivity contribution in [2.24, 2.45) is 5.92 Å². The molecule has 0 saturated carbocycles. The summed E-state index contributed by atoms with van der Waals surface area (Å²) in [4.78, 5) is 57.8. The number of rotatable bonds is 13. The van der Waals surface area contributed by atoms with E-state index in [-0.39, 0.29) is 47.5 Å². The average Bonchev–Trinajstić information content (AvgIpc) is 3.26. The number of nitrogens with zero attached hydrogens (tertiary/aromatic N) is 4. The standard InChI is InChI=1S/C46H53N5O6/c1-47-45(55)42(9-6-26-52)48(2)46(56)40-27-37(15-12-35(40)30-53)51-24-22-49(23-25-51)29-32-18-20-50(21-19-32)36-13-10-34(11-14-36)44-39-17-16-38(54)28-43(39)57-31-41(44)33-7-4-3-5-8-33/h3-5,7-8,10-17,26-28,30,32,41-42,44,54H,6,9,18-25,29,31H2,1-2H3,(H,47,55). The first-order chi connectivity index (χ1) is 27.8. The third kappa shape index (κ3) is 8.83. The van der Waals surface area contributed by atoms with Crippen molar-refractivity contribution in [3.8, 4) is 11.5 Å².